The number of piperidine rings is 1. The van der Waals surface area contributed by atoms with E-state index in [1.165, 1.54) is 0 Å². The van der Waals surface area contributed by atoms with Crippen LogP contribution in [0.1, 0.15) is 38.3 Å². The molecule has 0 aromatic heterocycles. The van der Waals surface area contributed by atoms with Gasteiger partial charge >= 0.3 is 5.97 Å². The third-order valence-corrected chi connectivity index (χ3v) is 4.23. The Kier molecular flexibility index (Phi) is 4.59. The van der Waals surface area contributed by atoms with Crippen molar-refractivity contribution in [3.05, 3.63) is 35.9 Å². The average molecular weight is 261 g/mol. The molecule has 1 fully saturated rings. The van der Waals surface area contributed by atoms with Gasteiger partial charge in [0.05, 0.1) is 0 Å². The Morgan fingerprint density at radius 2 is 1.79 bits per heavy atom. The minimum absolute atomic E-state index is 0.491. The number of nitrogens with zero attached hydrogens (tertiary/aromatic N) is 1. The van der Waals surface area contributed by atoms with Crippen LogP contribution in [-0.4, -0.2) is 29.1 Å². The molecule has 1 aromatic carbocycles. The van der Waals surface area contributed by atoms with Crippen LogP contribution >= 0.6 is 0 Å². The highest BCUT2D eigenvalue weighted by Gasteiger charge is 2.31. The van der Waals surface area contributed by atoms with Gasteiger partial charge < -0.3 is 5.11 Å². The first-order valence-corrected chi connectivity index (χ1v) is 7.11. The Hall–Kier alpha value is -1.35. The molecule has 3 nitrogen and oxygen atoms in total. The normalized spacial score (nSPS) is 19.5. The molecule has 0 saturated carbocycles. The predicted octanol–water partition coefficient (Wildman–Crippen LogP) is 3.18. The molecule has 1 unspecified atom stereocenters. The highest BCUT2D eigenvalue weighted by atomic mass is 16.4. The van der Waals surface area contributed by atoms with Gasteiger partial charge in [-0.05, 0) is 43.3 Å². The van der Waals surface area contributed by atoms with Crippen molar-refractivity contribution in [2.45, 2.75) is 32.7 Å². The summed E-state index contributed by atoms with van der Waals surface area (Å²) in [6.45, 7) is 6.28. The number of rotatable bonds is 4. The highest BCUT2D eigenvalue weighted by Crippen LogP contribution is 2.30. The molecule has 0 spiro atoms. The number of hydrogen-bond acceptors (Lipinski definition) is 2. The zero-order valence-corrected chi connectivity index (χ0v) is 11.7. The number of carbonyl (C=O) groups is 1. The predicted molar refractivity (Wildman–Crippen MR) is 76.0 cm³/mol. The third kappa shape index (κ3) is 3.35. The Morgan fingerprint density at radius 3 is 2.26 bits per heavy atom. The van der Waals surface area contributed by atoms with E-state index in [0.29, 0.717) is 5.92 Å². The van der Waals surface area contributed by atoms with Crippen molar-refractivity contribution in [1.82, 2.24) is 4.90 Å². The van der Waals surface area contributed by atoms with Crippen LogP contribution in [-0.2, 0) is 4.79 Å². The summed E-state index contributed by atoms with van der Waals surface area (Å²) in [6.07, 6.45) is 2.21. The van der Waals surface area contributed by atoms with Gasteiger partial charge in [-0.15, -0.1) is 0 Å². The Bertz CT molecular complexity index is 408. The van der Waals surface area contributed by atoms with Gasteiger partial charge in [0.25, 0.3) is 0 Å². The second-order valence-electron chi connectivity index (χ2n) is 5.77. The minimum Gasteiger partial charge on any atom is -0.480 e. The van der Waals surface area contributed by atoms with Gasteiger partial charge in [0, 0.05) is 0 Å². The van der Waals surface area contributed by atoms with Crippen molar-refractivity contribution >= 4 is 5.97 Å². The smallest absolute Gasteiger partial charge is 0.325 e. The molecule has 0 amide bonds. The summed E-state index contributed by atoms with van der Waals surface area (Å²) < 4.78 is 0. The molecule has 1 saturated heterocycles. The average Bonchev–Trinajstić information content (AvgIpc) is 2.40. The van der Waals surface area contributed by atoms with Crippen molar-refractivity contribution in [1.29, 1.82) is 0 Å². The summed E-state index contributed by atoms with van der Waals surface area (Å²) in [7, 11) is 0. The van der Waals surface area contributed by atoms with Gasteiger partial charge in [0.2, 0.25) is 0 Å². The van der Waals surface area contributed by atoms with E-state index in [9.17, 15) is 9.90 Å². The van der Waals surface area contributed by atoms with E-state index in [1.54, 1.807) is 0 Å². The Labute approximate surface area is 115 Å². The van der Waals surface area contributed by atoms with E-state index >= 15 is 0 Å². The van der Waals surface area contributed by atoms with Crippen LogP contribution in [0.2, 0.25) is 0 Å². The molecule has 1 aromatic rings. The molecule has 0 bridgehead atoms. The molecule has 19 heavy (non-hydrogen) atoms. The first-order valence-electron chi connectivity index (χ1n) is 7.11. The Balaban J connectivity index is 2.08. The van der Waals surface area contributed by atoms with Gasteiger partial charge in [0.1, 0.15) is 6.04 Å². The molecule has 104 valence electrons. The zero-order chi connectivity index (χ0) is 13.8. The first kappa shape index (κ1) is 14.1. The standard InChI is InChI=1S/C16H23NO2/c1-12(2)13-8-10-17(11-9-13)15(16(18)19)14-6-4-3-5-7-14/h3-7,12-13,15H,8-11H2,1-2H3,(H,18,19). The van der Waals surface area contributed by atoms with Crippen molar-refractivity contribution in [3.63, 3.8) is 0 Å². The largest absolute Gasteiger partial charge is 0.480 e. The molecule has 2 rings (SSSR count). The number of likely N-dealkylation sites (tertiary alicyclic amines) is 1. The quantitative estimate of drug-likeness (QED) is 0.905. The summed E-state index contributed by atoms with van der Waals surface area (Å²) in [5.74, 6) is 0.692. The second-order valence-corrected chi connectivity index (χ2v) is 5.77. The van der Waals surface area contributed by atoms with Gasteiger partial charge in [-0.2, -0.15) is 0 Å². The lowest BCUT2D eigenvalue weighted by Gasteiger charge is -2.37. The summed E-state index contributed by atoms with van der Waals surface area (Å²) in [5, 5.41) is 9.51. The fourth-order valence-corrected chi connectivity index (χ4v) is 2.99. The number of aliphatic carboxylic acids is 1. The van der Waals surface area contributed by atoms with E-state index in [-0.39, 0.29) is 0 Å². The number of hydrogen-bond donors (Lipinski definition) is 1. The zero-order valence-electron chi connectivity index (χ0n) is 11.7. The van der Waals surface area contributed by atoms with Crippen LogP contribution in [0.3, 0.4) is 0 Å². The maximum atomic E-state index is 11.6. The number of benzene rings is 1. The van der Waals surface area contributed by atoms with Gasteiger partial charge in [0.15, 0.2) is 0 Å². The molecular formula is C16H23NO2. The summed E-state index contributed by atoms with van der Waals surface area (Å²) in [6, 6.07) is 9.07. The molecule has 3 heteroatoms. The van der Waals surface area contributed by atoms with E-state index < -0.39 is 12.0 Å². The van der Waals surface area contributed by atoms with Crippen LogP contribution in [0, 0.1) is 11.8 Å². The molecule has 1 heterocycles. The first-order chi connectivity index (χ1) is 9.09. The van der Waals surface area contributed by atoms with Crippen LogP contribution in [0.25, 0.3) is 0 Å². The van der Waals surface area contributed by atoms with E-state index in [2.05, 4.69) is 18.7 Å². The van der Waals surface area contributed by atoms with Gasteiger partial charge in [-0.1, -0.05) is 44.2 Å². The molecule has 0 aliphatic carbocycles. The van der Waals surface area contributed by atoms with Crippen LogP contribution < -0.4 is 0 Å². The maximum Gasteiger partial charge on any atom is 0.325 e. The Morgan fingerprint density at radius 1 is 1.21 bits per heavy atom. The lowest BCUT2D eigenvalue weighted by Crippen LogP contribution is -2.41. The highest BCUT2D eigenvalue weighted by molar-refractivity contribution is 5.75. The van der Waals surface area contributed by atoms with Crippen LogP contribution in [0.5, 0.6) is 0 Å². The fourth-order valence-electron chi connectivity index (χ4n) is 2.99. The number of carboxylic acids is 1. The fraction of sp³-hybridized carbons (Fsp3) is 0.562. The molecular weight excluding hydrogens is 238 g/mol. The van der Waals surface area contributed by atoms with Crippen molar-refractivity contribution in [3.8, 4) is 0 Å². The van der Waals surface area contributed by atoms with Gasteiger partial charge in [-0.3, -0.25) is 9.69 Å². The number of carboxylic acid groups (broad SMARTS) is 1. The van der Waals surface area contributed by atoms with E-state index in [1.807, 2.05) is 30.3 Å². The summed E-state index contributed by atoms with van der Waals surface area (Å²) in [4.78, 5) is 13.7. The molecule has 1 aliphatic heterocycles. The summed E-state index contributed by atoms with van der Waals surface area (Å²) in [5.41, 5.74) is 0.887. The SMILES string of the molecule is CC(C)C1CCN(C(C(=O)O)c2ccccc2)CC1. The van der Waals surface area contributed by atoms with Gasteiger partial charge in [-0.25, -0.2) is 0 Å². The van der Waals surface area contributed by atoms with Crippen molar-refractivity contribution in [2.24, 2.45) is 11.8 Å². The maximum absolute atomic E-state index is 11.6. The van der Waals surface area contributed by atoms with Crippen LogP contribution in [0.4, 0.5) is 0 Å². The lowest BCUT2D eigenvalue weighted by molar-refractivity contribution is -0.144. The van der Waals surface area contributed by atoms with E-state index in [4.69, 9.17) is 0 Å². The third-order valence-electron chi connectivity index (χ3n) is 4.23. The summed E-state index contributed by atoms with van der Waals surface area (Å²) >= 11 is 0. The molecule has 1 aliphatic rings. The second kappa shape index (κ2) is 6.20. The lowest BCUT2D eigenvalue weighted by atomic mass is 9.86. The molecule has 1 atom stereocenters. The van der Waals surface area contributed by atoms with Crippen LogP contribution in [0.15, 0.2) is 30.3 Å². The monoisotopic (exact) mass is 261 g/mol. The molecule has 1 N–H and O–H groups in total. The van der Waals surface area contributed by atoms with E-state index in [0.717, 1.165) is 37.4 Å². The topological polar surface area (TPSA) is 40.5 Å². The molecule has 0 radical (unpaired) electrons. The van der Waals surface area contributed by atoms with Crippen molar-refractivity contribution in [2.75, 3.05) is 13.1 Å². The van der Waals surface area contributed by atoms with Crippen molar-refractivity contribution < 1.29 is 9.90 Å². The minimum atomic E-state index is -0.741.